The molecule has 4 heteroatoms. The summed E-state index contributed by atoms with van der Waals surface area (Å²) >= 11 is 0. The summed E-state index contributed by atoms with van der Waals surface area (Å²) in [6, 6.07) is 0.480. The van der Waals surface area contributed by atoms with Gasteiger partial charge in [-0.2, -0.15) is 0 Å². The molecule has 0 radical (unpaired) electrons. The van der Waals surface area contributed by atoms with Gasteiger partial charge >= 0.3 is 0 Å². The summed E-state index contributed by atoms with van der Waals surface area (Å²) in [5, 5.41) is 13.5. The highest BCUT2D eigenvalue weighted by Gasteiger charge is 2.38. The number of ether oxygens (including phenoxy) is 2. The number of nitrogens with one attached hydrogen (secondary N) is 1. The Kier molecular flexibility index (Phi) is 5.63. The molecule has 2 saturated heterocycles. The Labute approximate surface area is 116 Å². The fraction of sp³-hybridized carbons (Fsp3) is 1.00. The second-order valence-corrected chi connectivity index (χ2v) is 6.53. The SMILES string of the molecule is CC(C)CC(O)CNC1CCOC2(CCOCC2)C1. The summed E-state index contributed by atoms with van der Waals surface area (Å²) in [5.41, 5.74) is 0.0389. The lowest BCUT2D eigenvalue weighted by Gasteiger charge is -2.43. The van der Waals surface area contributed by atoms with Gasteiger partial charge in [-0.3, -0.25) is 0 Å². The predicted molar refractivity (Wildman–Crippen MR) is 75.2 cm³/mol. The first-order chi connectivity index (χ1) is 9.10. The molecule has 0 aromatic carbocycles. The van der Waals surface area contributed by atoms with Crippen molar-refractivity contribution in [1.82, 2.24) is 5.32 Å². The highest BCUT2D eigenvalue weighted by molar-refractivity contribution is 4.91. The summed E-state index contributed by atoms with van der Waals surface area (Å²) in [4.78, 5) is 0. The van der Waals surface area contributed by atoms with Crippen LogP contribution in [-0.2, 0) is 9.47 Å². The van der Waals surface area contributed by atoms with E-state index < -0.39 is 0 Å². The number of hydrogen-bond acceptors (Lipinski definition) is 4. The average molecular weight is 271 g/mol. The van der Waals surface area contributed by atoms with Crippen LogP contribution in [0, 0.1) is 5.92 Å². The number of aliphatic hydroxyl groups is 1. The maximum Gasteiger partial charge on any atom is 0.0741 e. The second-order valence-electron chi connectivity index (χ2n) is 6.53. The number of rotatable bonds is 5. The third-order valence-electron chi connectivity index (χ3n) is 4.28. The van der Waals surface area contributed by atoms with E-state index in [-0.39, 0.29) is 11.7 Å². The molecule has 0 aromatic heterocycles. The minimum Gasteiger partial charge on any atom is -0.392 e. The fourth-order valence-corrected chi connectivity index (χ4v) is 3.22. The molecule has 0 aromatic rings. The largest absolute Gasteiger partial charge is 0.392 e. The lowest BCUT2D eigenvalue weighted by atomic mass is 9.84. The zero-order valence-electron chi connectivity index (χ0n) is 12.4. The molecule has 2 aliphatic rings. The molecular formula is C15H29NO3. The van der Waals surface area contributed by atoms with E-state index in [1.807, 2.05) is 0 Å². The molecule has 0 amide bonds. The van der Waals surface area contributed by atoms with Crippen LogP contribution >= 0.6 is 0 Å². The highest BCUT2D eigenvalue weighted by Crippen LogP contribution is 2.34. The fourth-order valence-electron chi connectivity index (χ4n) is 3.22. The van der Waals surface area contributed by atoms with E-state index in [1.54, 1.807) is 0 Å². The van der Waals surface area contributed by atoms with Crippen LogP contribution in [0.1, 0.15) is 46.0 Å². The van der Waals surface area contributed by atoms with E-state index in [9.17, 15) is 5.11 Å². The summed E-state index contributed by atoms with van der Waals surface area (Å²) < 4.78 is 11.5. The molecule has 0 bridgehead atoms. The smallest absolute Gasteiger partial charge is 0.0741 e. The van der Waals surface area contributed by atoms with Crippen molar-refractivity contribution >= 4 is 0 Å². The molecule has 2 N–H and O–H groups in total. The average Bonchev–Trinajstić information content (AvgIpc) is 2.37. The van der Waals surface area contributed by atoms with Gasteiger partial charge in [0.15, 0.2) is 0 Å². The minimum atomic E-state index is -0.228. The van der Waals surface area contributed by atoms with Gasteiger partial charge in [0.2, 0.25) is 0 Å². The first-order valence-corrected chi connectivity index (χ1v) is 7.73. The molecule has 112 valence electrons. The standard InChI is InChI=1S/C15H29NO3/c1-12(2)9-14(17)11-16-13-3-6-19-15(10-13)4-7-18-8-5-15/h12-14,16-17H,3-11H2,1-2H3. The first-order valence-electron chi connectivity index (χ1n) is 7.73. The van der Waals surface area contributed by atoms with Crippen molar-refractivity contribution in [3.05, 3.63) is 0 Å². The van der Waals surface area contributed by atoms with Crippen molar-refractivity contribution in [2.45, 2.75) is 63.7 Å². The van der Waals surface area contributed by atoms with E-state index in [1.165, 1.54) is 0 Å². The van der Waals surface area contributed by atoms with E-state index >= 15 is 0 Å². The molecule has 1 spiro atoms. The molecule has 2 unspecified atom stereocenters. The Hall–Kier alpha value is -0.160. The van der Waals surface area contributed by atoms with Crippen molar-refractivity contribution in [3.8, 4) is 0 Å². The first kappa shape index (κ1) is 15.2. The van der Waals surface area contributed by atoms with E-state index in [0.717, 1.165) is 51.9 Å². The zero-order valence-corrected chi connectivity index (χ0v) is 12.4. The van der Waals surface area contributed by atoms with Crippen LogP contribution in [0.4, 0.5) is 0 Å². The van der Waals surface area contributed by atoms with Crippen molar-refractivity contribution in [2.75, 3.05) is 26.4 Å². The van der Waals surface area contributed by atoms with Crippen molar-refractivity contribution in [2.24, 2.45) is 5.92 Å². The summed E-state index contributed by atoms with van der Waals surface area (Å²) in [6.07, 6.45) is 4.78. The molecule has 2 heterocycles. The quantitative estimate of drug-likeness (QED) is 0.799. The lowest BCUT2D eigenvalue weighted by molar-refractivity contribution is -0.140. The molecule has 19 heavy (non-hydrogen) atoms. The number of aliphatic hydroxyl groups excluding tert-OH is 1. The number of hydrogen-bond donors (Lipinski definition) is 2. The summed E-state index contributed by atoms with van der Waals surface area (Å²) in [6.45, 7) is 7.47. The van der Waals surface area contributed by atoms with E-state index in [2.05, 4.69) is 19.2 Å². The summed E-state index contributed by atoms with van der Waals surface area (Å²) in [7, 11) is 0. The Morgan fingerprint density at radius 2 is 2.00 bits per heavy atom. The normalized spacial score (nSPS) is 28.7. The minimum absolute atomic E-state index is 0.0389. The van der Waals surface area contributed by atoms with Gasteiger partial charge < -0.3 is 19.9 Å². The van der Waals surface area contributed by atoms with Gasteiger partial charge in [-0.15, -0.1) is 0 Å². The molecule has 2 atom stereocenters. The van der Waals surface area contributed by atoms with Gasteiger partial charge in [-0.05, 0) is 38.0 Å². The molecule has 2 fully saturated rings. The van der Waals surface area contributed by atoms with Gasteiger partial charge in [0.25, 0.3) is 0 Å². The molecule has 4 nitrogen and oxygen atoms in total. The monoisotopic (exact) mass is 271 g/mol. The molecule has 0 aliphatic carbocycles. The van der Waals surface area contributed by atoms with Gasteiger partial charge in [0.1, 0.15) is 0 Å². The van der Waals surface area contributed by atoms with Crippen molar-refractivity contribution in [1.29, 1.82) is 0 Å². The molecular weight excluding hydrogens is 242 g/mol. The topological polar surface area (TPSA) is 50.7 Å². The van der Waals surface area contributed by atoms with Crippen LogP contribution in [0.5, 0.6) is 0 Å². The van der Waals surface area contributed by atoms with Crippen molar-refractivity contribution < 1.29 is 14.6 Å². The van der Waals surface area contributed by atoms with E-state index in [4.69, 9.17) is 9.47 Å². The Bertz CT molecular complexity index is 259. The van der Waals surface area contributed by atoms with Crippen LogP contribution in [-0.4, -0.2) is 49.2 Å². The maximum atomic E-state index is 9.94. The van der Waals surface area contributed by atoms with Gasteiger partial charge in [0.05, 0.1) is 11.7 Å². The second kappa shape index (κ2) is 7.02. The Morgan fingerprint density at radius 3 is 2.68 bits per heavy atom. The maximum absolute atomic E-state index is 9.94. The van der Waals surface area contributed by atoms with E-state index in [0.29, 0.717) is 18.5 Å². The third kappa shape index (κ3) is 4.71. The molecule has 2 rings (SSSR count). The van der Waals surface area contributed by atoms with Crippen LogP contribution < -0.4 is 5.32 Å². The van der Waals surface area contributed by atoms with Gasteiger partial charge in [-0.1, -0.05) is 13.8 Å². The third-order valence-corrected chi connectivity index (χ3v) is 4.28. The van der Waals surface area contributed by atoms with Crippen LogP contribution in [0.25, 0.3) is 0 Å². The van der Waals surface area contributed by atoms with Crippen molar-refractivity contribution in [3.63, 3.8) is 0 Å². The Balaban J connectivity index is 1.74. The molecule has 0 saturated carbocycles. The predicted octanol–water partition coefficient (Wildman–Crippen LogP) is 1.71. The molecule has 2 aliphatic heterocycles. The van der Waals surface area contributed by atoms with Crippen LogP contribution in [0.3, 0.4) is 0 Å². The van der Waals surface area contributed by atoms with Gasteiger partial charge in [-0.25, -0.2) is 0 Å². The Morgan fingerprint density at radius 1 is 1.26 bits per heavy atom. The van der Waals surface area contributed by atoms with Crippen LogP contribution in [0.15, 0.2) is 0 Å². The van der Waals surface area contributed by atoms with Crippen LogP contribution in [0.2, 0.25) is 0 Å². The lowest BCUT2D eigenvalue weighted by Crippen LogP contribution is -2.50. The zero-order chi connectivity index (χ0) is 13.7. The summed E-state index contributed by atoms with van der Waals surface area (Å²) in [5.74, 6) is 0.549. The highest BCUT2D eigenvalue weighted by atomic mass is 16.5. The van der Waals surface area contributed by atoms with Gasteiger partial charge in [0, 0.05) is 32.4 Å².